The van der Waals surface area contributed by atoms with Crippen LogP contribution in [-0.4, -0.2) is 11.6 Å². The van der Waals surface area contributed by atoms with Crippen LogP contribution in [0.2, 0.25) is 0 Å². The van der Waals surface area contributed by atoms with Crippen molar-refractivity contribution >= 4 is 5.57 Å². The molecule has 0 N–H and O–H groups in total. The molecule has 1 rings (SSSR count). The summed E-state index contributed by atoms with van der Waals surface area (Å²) in [5.74, 6) is 1.20. The Balaban J connectivity index is 2.69. The van der Waals surface area contributed by atoms with Crippen molar-refractivity contribution in [1.82, 2.24) is 4.98 Å². The largest absolute Gasteiger partial charge is 0.477 e. The number of aromatic nitrogens is 1. The van der Waals surface area contributed by atoms with E-state index >= 15 is 0 Å². The van der Waals surface area contributed by atoms with Gasteiger partial charge in [-0.05, 0) is 24.5 Å². The average Bonchev–Trinajstić information content (AvgIpc) is 2.15. The first-order valence-electron chi connectivity index (χ1n) is 4.85. The summed E-state index contributed by atoms with van der Waals surface area (Å²) in [7, 11) is 0. The highest BCUT2D eigenvalue weighted by Crippen LogP contribution is 2.13. The molecule has 14 heavy (non-hydrogen) atoms. The standard InChI is InChI=1S/C12H17NO/c1-9(2)8-14-12-7-5-6-11(13-12)10(3)4/h5-7,9H,3,8H2,1-2,4H3. The molecule has 0 aliphatic heterocycles. The molecule has 2 nitrogen and oxygen atoms in total. The summed E-state index contributed by atoms with van der Waals surface area (Å²) in [6.07, 6.45) is 0. The molecule has 76 valence electrons. The van der Waals surface area contributed by atoms with Crippen LogP contribution in [0.25, 0.3) is 5.57 Å². The van der Waals surface area contributed by atoms with Crippen molar-refractivity contribution in [3.05, 3.63) is 30.5 Å². The van der Waals surface area contributed by atoms with Gasteiger partial charge in [0.1, 0.15) is 0 Å². The zero-order valence-electron chi connectivity index (χ0n) is 9.08. The Labute approximate surface area is 85.6 Å². The third-order valence-corrected chi connectivity index (χ3v) is 1.73. The van der Waals surface area contributed by atoms with Crippen LogP contribution < -0.4 is 4.74 Å². The first-order chi connectivity index (χ1) is 6.59. The zero-order valence-corrected chi connectivity index (χ0v) is 9.08. The van der Waals surface area contributed by atoms with Crippen molar-refractivity contribution < 1.29 is 4.74 Å². The lowest BCUT2D eigenvalue weighted by Crippen LogP contribution is -2.05. The molecule has 0 radical (unpaired) electrons. The van der Waals surface area contributed by atoms with Gasteiger partial charge in [-0.15, -0.1) is 0 Å². The Morgan fingerprint density at radius 3 is 2.79 bits per heavy atom. The minimum Gasteiger partial charge on any atom is -0.477 e. The molecule has 2 heteroatoms. The highest BCUT2D eigenvalue weighted by molar-refractivity contribution is 5.57. The topological polar surface area (TPSA) is 22.1 Å². The minimum atomic E-state index is 0.519. The molecule has 0 fully saturated rings. The molecular formula is C12H17NO. The first-order valence-corrected chi connectivity index (χ1v) is 4.85. The SMILES string of the molecule is C=C(C)c1cccc(OCC(C)C)n1. The summed E-state index contributed by atoms with van der Waals surface area (Å²) >= 11 is 0. The molecule has 0 amide bonds. The van der Waals surface area contributed by atoms with E-state index in [0.29, 0.717) is 18.4 Å². The van der Waals surface area contributed by atoms with E-state index in [0.717, 1.165) is 11.3 Å². The highest BCUT2D eigenvalue weighted by atomic mass is 16.5. The second-order valence-electron chi connectivity index (χ2n) is 3.85. The van der Waals surface area contributed by atoms with Crippen LogP contribution in [0.1, 0.15) is 26.5 Å². The normalized spacial score (nSPS) is 10.3. The molecule has 0 aromatic carbocycles. The lowest BCUT2D eigenvalue weighted by atomic mass is 10.2. The summed E-state index contributed by atoms with van der Waals surface area (Å²) in [4.78, 5) is 4.32. The predicted octanol–water partition coefficient (Wildman–Crippen LogP) is 3.15. The van der Waals surface area contributed by atoms with Gasteiger partial charge in [0.2, 0.25) is 5.88 Å². The van der Waals surface area contributed by atoms with E-state index in [-0.39, 0.29) is 0 Å². The van der Waals surface area contributed by atoms with Crippen LogP contribution >= 0.6 is 0 Å². The van der Waals surface area contributed by atoms with Crippen molar-refractivity contribution in [3.8, 4) is 5.88 Å². The fraction of sp³-hybridized carbons (Fsp3) is 0.417. The number of nitrogens with zero attached hydrogens (tertiary/aromatic N) is 1. The smallest absolute Gasteiger partial charge is 0.213 e. The monoisotopic (exact) mass is 191 g/mol. The van der Waals surface area contributed by atoms with Gasteiger partial charge >= 0.3 is 0 Å². The molecule has 0 atom stereocenters. The first kappa shape index (κ1) is 10.8. The Morgan fingerprint density at radius 2 is 2.21 bits per heavy atom. The molecule has 0 saturated heterocycles. The number of hydrogen-bond acceptors (Lipinski definition) is 2. The number of pyridine rings is 1. The van der Waals surface area contributed by atoms with Crippen LogP contribution in [0.3, 0.4) is 0 Å². The van der Waals surface area contributed by atoms with Gasteiger partial charge in [0, 0.05) is 6.07 Å². The van der Waals surface area contributed by atoms with Crippen molar-refractivity contribution in [2.45, 2.75) is 20.8 Å². The van der Waals surface area contributed by atoms with Crippen molar-refractivity contribution in [2.24, 2.45) is 5.92 Å². The second kappa shape index (κ2) is 4.80. The van der Waals surface area contributed by atoms with Crippen molar-refractivity contribution in [1.29, 1.82) is 0 Å². The van der Waals surface area contributed by atoms with Crippen LogP contribution in [0.4, 0.5) is 0 Å². The Hall–Kier alpha value is -1.31. The van der Waals surface area contributed by atoms with Gasteiger partial charge in [0.25, 0.3) is 0 Å². The van der Waals surface area contributed by atoms with Gasteiger partial charge in [-0.2, -0.15) is 0 Å². The highest BCUT2D eigenvalue weighted by Gasteiger charge is 2.00. The van der Waals surface area contributed by atoms with Crippen molar-refractivity contribution in [3.63, 3.8) is 0 Å². The van der Waals surface area contributed by atoms with E-state index in [1.807, 2.05) is 25.1 Å². The van der Waals surface area contributed by atoms with Crippen LogP contribution in [-0.2, 0) is 0 Å². The molecule has 0 saturated carbocycles. The van der Waals surface area contributed by atoms with Gasteiger partial charge in [-0.25, -0.2) is 4.98 Å². The summed E-state index contributed by atoms with van der Waals surface area (Å²) in [5.41, 5.74) is 1.85. The number of allylic oxidation sites excluding steroid dienone is 1. The van der Waals surface area contributed by atoms with Gasteiger partial charge in [0.05, 0.1) is 12.3 Å². The van der Waals surface area contributed by atoms with Crippen LogP contribution in [0.5, 0.6) is 5.88 Å². The molecule has 0 unspecified atom stereocenters. The zero-order chi connectivity index (χ0) is 10.6. The lowest BCUT2D eigenvalue weighted by molar-refractivity contribution is 0.261. The third-order valence-electron chi connectivity index (χ3n) is 1.73. The number of rotatable bonds is 4. The number of hydrogen-bond donors (Lipinski definition) is 0. The lowest BCUT2D eigenvalue weighted by Gasteiger charge is -2.08. The van der Waals surface area contributed by atoms with E-state index in [2.05, 4.69) is 25.4 Å². The van der Waals surface area contributed by atoms with Crippen molar-refractivity contribution in [2.75, 3.05) is 6.61 Å². The van der Waals surface area contributed by atoms with Crippen LogP contribution in [0.15, 0.2) is 24.8 Å². The van der Waals surface area contributed by atoms with E-state index in [1.165, 1.54) is 0 Å². The summed E-state index contributed by atoms with van der Waals surface area (Å²) in [6.45, 7) is 10.7. The minimum absolute atomic E-state index is 0.519. The quantitative estimate of drug-likeness (QED) is 0.729. The second-order valence-corrected chi connectivity index (χ2v) is 3.85. The van der Waals surface area contributed by atoms with E-state index < -0.39 is 0 Å². The molecular weight excluding hydrogens is 174 g/mol. The summed E-state index contributed by atoms with van der Waals surface area (Å²) in [6, 6.07) is 5.74. The molecule has 0 spiro atoms. The van der Waals surface area contributed by atoms with E-state index in [4.69, 9.17) is 4.74 Å². The van der Waals surface area contributed by atoms with Crippen LogP contribution in [0, 0.1) is 5.92 Å². The predicted molar refractivity (Wildman–Crippen MR) is 59.3 cm³/mol. The molecule has 0 bridgehead atoms. The van der Waals surface area contributed by atoms with E-state index in [9.17, 15) is 0 Å². The molecule has 0 aliphatic rings. The Bertz CT molecular complexity index is 318. The van der Waals surface area contributed by atoms with Gasteiger partial charge < -0.3 is 4.74 Å². The summed E-state index contributed by atoms with van der Waals surface area (Å²) < 4.78 is 5.51. The molecule has 1 aromatic rings. The summed E-state index contributed by atoms with van der Waals surface area (Å²) in [5, 5.41) is 0. The fourth-order valence-corrected chi connectivity index (χ4v) is 0.985. The third kappa shape index (κ3) is 3.21. The Kier molecular flexibility index (Phi) is 3.69. The number of ether oxygens (including phenoxy) is 1. The maximum atomic E-state index is 5.51. The maximum absolute atomic E-state index is 5.51. The molecule has 1 aromatic heterocycles. The maximum Gasteiger partial charge on any atom is 0.213 e. The fourth-order valence-electron chi connectivity index (χ4n) is 0.985. The van der Waals surface area contributed by atoms with E-state index in [1.54, 1.807) is 0 Å². The molecule has 1 heterocycles. The average molecular weight is 191 g/mol. The van der Waals surface area contributed by atoms with Gasteiger partial charge in [-0.3, -0.25) is 0 Å². The molecule has 0 aliphatic carbocycles. The van der Waals surface area contributed by atoms with Gasteiger partial charge in [0.15, 0.2) is 0 Å². The Morgan fingerprint density at radius 1 is 1.50 bits per heavy atom. The van der Waals surface area contributed by atoms with Gasteiger partial charge in [-0.1, -0.05) is 26.5 Å².